The van der Waals surface area contributed by atoms with Gasteiger partial charge in [-0.3, -0.25) is 4.98 Å². The number of pyridine rings is 1. The van der Waals surface area contributed by atoms with Crippen LogP contribution >= 0.6 is 0 Å². The average molecular weight is 235 g/mol. The zero-order valence-corrected chi connectivity index (χ0v) is 11.5. The molecule has 0 saturated heterocycles. The Morgan fingerprint density at radius 3 is 2.71 bits per heavy atom. The van der Waals surface area contributed by atoms with E-state index in [1.54, 1.807) is 0 Å². The average Bonchev–Trinajstić information content (AvgIpc) is 2.32. The molecule has 0 unspecified atom stereocenters. The van der Waals surface area contributed by atoms with E-state index in [0.717, 1.165) is 19.6 Å². The fourth-order valence-corrected chi connectivity index (χ4v) is 2.04. The molecule has 0 spiro atoms. The Kier molecular flexibility index (Phi) is 5.98. The van der Waals surface area contributed by atoms with Crippen molar-refractivity contribution in [2.75, 3.05) is 18.0 Å². The lowest BCUT2D eigenvalue weighted by Gasteiger charge is -2.29. The molecule has 0 atom stereocenters. The van der Waals surface area contributed by atoms with Crippen LogP contribution < -0.4 is 10.2 Å². The summed E-state index contributed by atoms with van der Waals surface area (Å²) >= 11 is 0. The molecule has 0 aromatic carbocycles. The van der Waals surface area contributed by atoms with Gasteiger partial charge in [0.25, 0.3) is 0 Å². The van der Waals surface area contributed by atoms with E-state index in [0.29, 0.717) is 6.04 Å². The highest BCUT2D eigenvalue weighted by Gasteiger charge is 2.12. The quantitative estimate of drug-likeness (QED) is 0.737. The molecule has 1 N–H and O–H groups in total. The van der Waals surface area contributed by atoms with Gasteiger partial charge in [-0.25, -0.2) is 0 Å². The smallest absolute Gasteiger partial charge is 0.0600 e. The van der Waals surface area contributed by atoms with Crippen LogP contribution in [0.2, 0.25) is 0 Å². The molecule has 3 heteroatoms. The first-order chi connectivity index (χ1) is 8.20. The van der Waals surface area contributed by atoms with Crippen LogP contribution in [0.3, 0.4) is 0 Å². The Balaban J connectivity index is 2.82. The zero-order valence-electron chi connectivity index (χ0n) is 11.5. The largest absolute Gasteiger partial charge is 0.368 e. The van der Waals surface area contributed by atoms with E-state index in [1.807, 2.05) is 12.4 Å². The molecule has 1 aromatic heterocycles. The number of nitrogens with zero attached hydrogens (tertiary/aromatic N) is 2. The van der Waals surface area contributed by atoms with E-state index >= 15 is 0 Å². The van der Waals surface area contributed by atoms with Gasteiger partial charge in [0.2, 0.25) is 0 Å². The lowest BCUT2D eigenvalue weighted by atomic mass is 10.1. The first-order valence-corrected chi connectivity index (χ1v) is 6.60. The van der Waals surface area contributed by atoms with Crippen molar-refractivity contribution in [3.05, 3.63) is 24.0 Å². The minimum absolute atomic E-state index is 0.508. The summed E-state index contributed by atoms with van der Waals surface area (Å²) in [6, 6.07) is 2.62. The summed E-state index contributed by atoms with van der Waals surface area (Å²) in [5.74, 6) is 0. The summed E-state index contributed by atoms with van der Waals surface area (Å²) in [6.07, 6.45) is 5.02. The van der Waals surface area contributed by atoms with Crippen LogP contribution in [0.5, 0.6) is 0 Å². The second-order valence-corrected chi connectivity index (χ2v) is 4.56. The minimum atomic E-state index is 0.508. The number of nitrogens with one attached hydrogen (secondary N) is 1. The Labute approximate surface area is 105 Å². The summed E-state index contributed by atoms with van der Waals surface area (Å²) in [4.78, 5) is 6.64. The van der Waals surface area contributed by atoms with E-state index < -0.39 is 0 Å². The van der Waals surface area contributed by atoms with Crippen LogP contribution in [0, 0.1) is 0 Å². The lowest BCUT2D eigenvalue weighted by Crippen LogP contribution is -2.32. The molecule has 0 amide bonds. The number of hydrogen-bond donors (Lipinski definition) is 1. The monoisotopic (exact) mass is 235 g/mol. The van der Waals surface area contributed by atoms with Gasteiger partial charge in [-0.05, 0) is 45.4 Å². The molecule has 17 heavy (non-hydrogen) atoms. The van der Waals surface area contributed by atoms with Crippen molar-refractivity contribution in [1.29, 1.82) is 0 Å². The second kappa shape index (κ2) is 7.28. The molecule has 0 aliphatic heterocycles. The molecule has 0 aliphatic rings. The van der Waals surface area contributed by atoms with Crippen LogP contribution in [0.15, 0.2) is 18.5 Å². The molecule has 0 bridgehead atoms. The Morgan fingerprint density at radius 1 is 1.35 bits per heavy atom. The van der Waals surface area contributed by atoms with Crippen molar-refractivity contribution in [2.45, 2.75) is 46.7 Å². The third-order valence-corrected chi connectivity index (χ3v) is 2.90. The van der Waals surface area contributed by atoms with Gasteiger partial charge in [0, 0.05) is 25.3 Å². The maximum Gasteiger partial charge on any atom is 0.0600 e. The van der Waals surface area contributed by atoms with Gasteiger partial charge in [0.15, 0.2) is 0 Å². The molecule has 0 saturated carbocycles. The minimum Gasteiger partial charge on any atom is -0.368 e. The van der Waals surface area contributed by atoms with Crippen molar-refractivity contribution >= 4 is 5.69 Å². The third kappa shape index (κ3) is 4.00. The van der Waals surface area contributed by atoms with Crippen LogP contribution in [-0.4, -0.2) is 24.1 Å². The fourth-order valence-electron chi connectivity index (χ4n) is 2.04. The molecule has 0 aliphatic carbocycles. The number of anilines is 1. The molecule has 1 rings (SSSR count). The van der Waals surface area contributed by atoms with Crippen molar-refractivity contribution in [3.63, 3.8) is 0 Å². The SMILES string of the molecule is CCCNCc1ccncc1N(CC)C(C)C. The van der Waals surface area contributed by atoms with E-state index in [2.05, 4.69) is 49.0 Å². The highest BCUT2D eigenvalue weighted by Crippen LogP contribution is 2.20. The van der Waals surface area contributed by atoms with Crippen LogP contribution in [0.25, 0.3) is 0 Å². The highest BCUT2D eigenvalue weighted by atomic mass is 15.2. The standard InChI is InChI=1S/C14H25N3/c1-5-8-15-10-13-7-9-16-11-14(13)17(6-2)12(3)4/h7,9,11-12,15H,5-6,8,10H2,1-4H3. The fraction of sp³-hybridized carbons (Fsp3) is 0.643. The summed E-state index contributed by atoms with van der Waals surface area (Å²) in [6.45, 7) is 11.8. The van der Waals surface area contributed by atoms with Gasteiger partial charge >= 0.3 is 0 Å². The Bertz CT molecular complexity index is 323. The molecular formula is C14H25N3. The molecule has 1 aromatic rings. The van der Waals surface area contributed by atoms with Gasteiger partial charge < -0.3 is 10.2 Å². The van der Waals surface area contributed by atoms with Crippen LogP contribution in [0.4, 0.5) is 5.69 Å². The molecule has 96 valence electrons. The number of rotatable bonds is 7. The molecule has 3 nitrogen and oxygen atoms in total. The van der Waals surface area contributed by atoms with E-state index in [-0.39, 0.29) is 0 Å². The van der Waals surface area contributed by atoms with Gasteiger partial charge in [0.05, 0.1) is 11.9 Å². The van der Waals surface area contributed by atoms with Gasteiger partial charge in [-0.1, -0.05) is 6.92 Å². The summed E-state index contributed by atoms with van der Waals surface area (Å²) in [7, 11) is 0. The van der Waals surface area contributed by atoms with E-state index in [4.69, 9.17) is 0 Å². The van der Waals surface area contributed by atoms with E-state index in [1.165, 1.54) is 17.7 Å². The molecule has 1 heterocycles. The summed E-state index contributed by atoms with van der Waals surface area (Å²) < 4.78 is 0. The maximum absolute atomic E-state index is 4.26. The van der Waals surface area contributed by atoms with Gasteiger partial charge in [-0.15, -0.1) is 0 Å². The van der Waals surface area contributed by atoms with Crippen molar-refractivity contribution < 1.29 is 0 Å². The highest BCUT2D eigenvalue weighted by molar-refractivity contribution is 5.52. The first kappa shape index (κ1) is 14.0. The number of aromatic nitrogens is 1. The van der Waals surface area contributed by atoms with Crippen LogP contribution in [-0.2, 0) is 6.54 Å². The maximum atomic E-state index is 4.26. The van der Waals surface area contributed by atoms with Crippen LogP contribution in [0.1, 0.15) is 39.7 Å². The molecule has 0 fully saturated rings. The number of hydrogen-bond acceptors (Lipinski definition) is 3. The second-order valence-electron chi connectivity index (χ2n) is 4.56. The summed E-state index contributed by atoms with van der Waals surface area (Å²) in [5, 5.41) is 3.46. The Hall–Kier alpha value is -1.09. The normalized spacial score (nSPS) is 10.9. The third-order valence-electron chi connectivity index (χ3n) is 2.90. The topological polar surface area (TPSA) is 28.2 Å². The van der Waals surface area contributed by atoms with E-state index in [9.17, 15) is 0 Å². The molecule has 0 radical (unpaired) electrons. The van der Waals surface area contributed by atoms with Gasteiger partial charge in [-0.2, -0.15) is 0 Å². The van der Waals surface area contributed by atoms with Crippen molar-refractivity contribution in [1.82, 2.24) is 10.3 Å². The Morgan fingerprint density at radius 2 is 2.12 bits per heavy atom. The molecular weight excluding hydrogens is 210 g/mol. The predicted molar refractivity (Wildman–Crippen MR) is 74.4 cm³/mol. The van der Waals surface area contributed by atoms with Crippen molar-refractivity contribution in [2.24, 2.45) is 0 Å². The zero-order chi connectivity index (χ0) is 12.7. The van der Waals surface area contributed by atoms with Gasteiger partial charge in [0.1, 0.15) is 0 Å². The lowest BCUT2D eigenvalue weighted by molar-refractivity contribution is 0.660. The predicted octanol–water partition coefficient (Wildman–Crippen LogP) is 2.82. The summed E-state index contributed by atoms with van der Waals surface area (Å²) in [5.41, 5.74) is 2.60. The van der Waals surface area contributed by atoms with Crippen molar-refractivity contribution in [3.8, 4) is 0 Å². The first-order valence-electron chi connectivity index (χ1n) is 6.60.